The Morgan fingerprint density at radius 2 is 2.27 bits per heavy atom. The normalized spacial score (nSPS) is 13.7. The summed E-state index contributed by atoms with van der Waals surface area (Å²) in [6.07, 6.45) is 2.87. The van der Waals surface area contributed by atoms with Crippen molar-refractivity contribution in [3.05, 3.63) is 33.2 Å². The number of fused-ring (bicyclic) bond motifs is 1. The summed E-state index contributed by atoms with van der Waals surface area (Å²) in [5.74, 6) is 4.50. The maximum Gasteiger partial charge on any atom is 0.270 e. The Balaban J connectivity index is 2.64. The lowest BCUT2D eigenvalue weighted by molar-refractivity contribution is 0.0951. The first-order valence-corrected chi connectivity index (χ1v) is 4.88. The fourth-order valence-electron chi connectivity index (χ4n) is 2.07. The van der Waals surface area contributed by atoms with Crippen molar-refractivity contribution in [3.63, 3.8) is 0 Å². The van der Waals surface area contributed by atoms with Crippen molar-refractivity contribution in [3.8, 4) is 0 Å². The number of hydrogen-bond acceptors (Lipinski definition) is 3. The van der Waals surface area contributed by atoms with E-state index in [9.17, 15) is 9.59 Å². The summed E-state index contributed by atoms with van der Waals surface area (Å²) in [6, 6.07) is 1.66. The summed E-state index contributed by atoms with van der Waals surface area (Å²) in [7, 11) is 1.69. The number of pyridine rings is 1. The van der Waals surface area contributed by atoms with Gasteiger partial charge in [-0.1, -0.05) is 0 Å². The maximum absolute atomic E-state index is 11.8. The van der Waals surface area contributed by atoms with Gasteiger partial charge in [0.05, 0.1) is 0 Å². The molecule has 0 aromatic carbocycles. The van der Waals surface area contributed by atoms with Crippen LogP contribution in [0.15, 0.2) is 10.9 Å². The van der Waals surface area contributed by atoms with Crippen LogP contribution in [-0.4, -0.2) is 10.5 Å². The van der Waals surface area contributed by atoms with E-state index in [1.807, 2.05) is 5.43 Å². The molecule has 15 heavy (non-hydrogen) atoms. The number of nitrogens with two attached hydrogens (primary N) is 1. The van der Waals surface area contributed by atoms with Crippen LogP contribution in [0.2, 0.25) is 0 Å². The average Bonchev–Trinajstić information content (AvgIpc) is 2.70. The summed E-state index contributed by atoms with van der Waals surface area (Å²) in [6.45, 7) is 0. The molecule has 80 valence electrons. The van der Waals surface area contributed by atoms with Gasteiger partial charge in [0.25, 0.3) is 11.5 Å². The first-order chi connectivity index (χ1) is 7.15. The van der Waals surface area contributed by atoms with Gasteiger partial charge in [-0.25, -0.2) is 5.84 Å². The van der Waals surface area contributed by atoms with Crippen molar-refractivity contribution in [1.82, 2.24) is 9.99 Å². The number of amides is 1. The number of nitrogens with one attached hydrogen (secondary N) is 1. The van der Waals surface area contributed by atoms with E-state index >= 15 is 0 Å². The Kier molecular flexibility index (Phi) is 2.32. The van der Waals surface area contributed by atoms with Gasteiger partial charge in [-0.15, -0.1) is 0 Å². The second-order valence-corrected chi connectivity index (χ2v) is 3.72. The molecule has 0 bridgehead atoms. The third-order valence-electron chi connectivity index (χ3n) is 2.86. The van der Waals surface area contributed by atoms with Crippen molar-refractivity contribution < 1.29 is 4.79 Å². The van der Waals surface area contributed by atoms with Crippen LogP contribution < -0.4 is 16.8 Å². The first kappa shape index (κ1) is 9.92. The molecule has 0 spiro atoms. The predicted octanol–water partition coefficient (Wildman–Crippen LogP) is -0.522. The van der Waals surface area contributed by atoms with Crippen LogP contribution in [-0.2, 0) is 19.9 Å². The SMILES string of the molecule is Cn1c2c(cc(C(=O)NN)c1=O)CCC2. The lowest BCUT2D eigenvalue weighted by Crippen LogP contribution is -2.36. The number of rotatable bonds is 1. The molecule has 1 aliphatic carbocycles. The third-order valence-corrected chi connectivity index (χ3v) is 2.86. The van der Waals surface area contributed by atoms with E-state index in [1.165, 1.54) is 0 Å². The molecule has 0 aliphatic heterocycles. The molecule has 5 nitrogen and oxygen atoms in total. The highest BCUT2D eigenvalue weighted by molar-refractivity contribution is 5.93. The second kappa shape index (κ2) is 3.51. The third kappa shape index (κ3) is 1.45. The van der Waals surface area contributed by atoms with Gasteiger partial charge >= 0.3 is 0 Å². The van der Waals surface area contributed by atoms with E-state index in [0.717, 1.165) is 30.5 Å². The molecule has 0 saturated carbocycles. The molecule has 1 heterocycles. The number of carbonyl (C=O) groups is 1. The second-order valence-electron chi connectivity index (χ2n) is 3.72. The first-order valence-electron chi connectivity index (χ1n) is 4.88. The monoisotopic (exact) mass is 207 g/mol. The minimum Gasteiger partial charge on any atom is -0.315 e. The van der Waals surface area contributed by atoms with Crippen LogP contribution in [0.25, 0.3) is 0 Å². The summed E-state index contributed by atoms with van der Waals surface area (Å²) in [5, 5.41) is 0. The molecule has 2 rings (SSSR count). The molecule has 1 aromatic rings. The Bertz CT molecular complexity index is 476. The minimum atomic E-state index is -0.523. The molecule has 5 heteroatoms. The molecule has 3 N–H and O–H groups in total. The molecular formula is C10H13N3O2. The Hall–Kier alpha value is -1.62. The largest absolute Gasteiger partial charge is 0.315 e. The van der Waals surface area contributed by atoms with Gasteiger partial charge in [0.15, 0.2) is 0 Å². The number of aromatic nitrogens is 1. The zero-order chi connectivity index (χ0) is 11.0. The maximum atomic E-state index is 11.8. The van der Waals surface area contributed by atoms with Crippen molar-refractivity contribution in [1.29, 1.82) is 0 Å². The quantitative estimate of drug-likeness (QED) is 0.369. The van der Waals surface area contributed by atoms with Crippen molar-refractivity contribution in [2.75, 3.05) is 0 Å². The van der Waals surface area contributed by atoms with Crippen molar-refractivity contribution in [2.24, 2.45) is 12.9 Å². The van der Waals surface area contributed by atoms with Crippen LogP contribution in [0.5, 0.6) is 0 Å². The van der Waals surface area contributed by atoms with Crippen LogP contribution in [0, 0.1) is 0 Å². The van der Waals surface area contributed by atoms with Gasteiger partial charge in [-0.05, 0) is 30.9 Å². The van der Waals surface area contributed by atoms with Crippen LogP contribution >= 0.6 is 0 Å². The van der Waals surface area contributed by atoms with Gasteiger partial charge in [0.1, 0.15) is 5.56 Å². The van der Waals surface area contributed by atoms with Gasteiger partial charge in [-0.2, -0.15) is 0 Å². The van der Waals surface area contributed by atoms with Gasteiger partial charge < -0.3 is 4.57 Å². The van der Waals surface area contributed by atoms with E-state index < -0.39 is 5.91 Å². The minimum absolute atomic E-state index is 0.126. The van der Waals surface area contributed by atoms with Crippen molar-refractivity contribution in [2.45, 2.75) is 19.3 Å². The summed E-state index contributed by atoms with van der Waals surface area (Å²) in [4.78, 5) is 23.1. The lowest BCUT2D eigenvalue weighted by atomic mass is 10.1. The summed E-state index contributed by atoms with van der Waals surface area (Å²) in [5.41, 5.74) is 3.95. The Labute approximate surface area is 86.9 Å². The standard InChI is InChI=1S/C10H13N3O2/c1-13-8-4-2-3-6(8)5-7(10(13)15)9(14)12-11/h5H,2-4,11H2,1H3,(H,12,14). The number of hydrogen-bond donors (Lipinski definition) is 2. The van der Waals surface area contributed by atoms with E-state index in [0.29, 0.717) is 0 Å². The molecule has 1 aliphatic rings. The van der Waals surface area contributed by atoms with Crippen LogP contribution in [0.3, 0.4) is 0 Å². The van der Waals surface area contributed by atoms with E-state index in [4.69, 9.17) is 5.84 Å². The van der Waals surface area contributed by atoms with E-state index in [2.05, 4.69) is 0 Å². The Morgan fingerprint density at radius 1 is 1.53 bits per heavy atom. The van der Waals surface area contributed by atoms with E-state index in [-0.39, 0.29) is 11.1 Å². The molecule has 1 amide bonds. The highest BCUT2D eigenvalue weighted by atomic mass is 16.2. The zero-order valence-electron chi connectivity index (χ0n) is 8.54. The number of carbonyl (C=O) groups excluding carboxylic acids is 1. The van der Waals surface area contributed by atoms with Gasteiger partial charge in [0.2, 0.25) is 0 Å². The van der Waals surface area contributed by atoms with Gasteiger partial charge in [-0.3, -0.25) is 15.0 Å². The van der Waals surface area contributed by atoms with E-state index in [1.54, 1.807) is 17.7 Å². The fraction of sp³-hybridized carbons (Fsp3) is 0.400. The zero-order valence-corrected chi connectivity index (χ0v) is 8.54. The molecule has 0 radical (unpaired) electrons. The smallest absolute Gasteiger partial charge is 0.270 e. The highest BCUT2D eigenvalue weighted by Gasteiger charge is 2.19. The number of nitrogens with zero attached hydrogens (tertiary/aromatic N) is 1. The van der Waals surface area contributed by atoms with Gasteiger partial charge in [0, 0.05) is 12.7 Å². The van der Waals surface area contributed by atoms with Crippen molar-refractivity contribution >= 4 is 5.91 Å². The fourth-order valence-corrected chi connectivity index (χ4v) is 2.07. The number of nitrogen functional groups attached to an aromatic ring is 1. The summed E-state index contributed by atoms with van der Waals surface area (Å²) < 4.78 is 1.55. The summed E-state index contributed by atoms with van der Waals surface area (Å²) >= 11 is 0. The molecule has 1 aromatic heterocycles. The predicted molar refractivity (Wildman–Crippen MR) is 55.4 cm³/mol. The number of hydrazine groups is 1. The average molecular weight is 207 g/mol. The molecule has 0 saturated heterocycles. The molecule has 0 fully saturated rings. The molecule has 0 unspecified atom stereocenters. The Morgan fingerprint density at radius 3 is 2.93 bits per heavy atom. The van der Waals surface area contributed by atoms with Crippen LogP contribution in [0.1, 0.15) is 28.0 Å². The van der Waals surface area contributed by atoms with Crippen LogP contribution in [0.4, 0.5) is 0 Å². The molecular weight excluding hydrogens is 194 g/mol. The molecule has 0 atom stereocenters. The number of aryl methyl sites for hydroxylation is 1. The highest BCUT2D eigenvalue weighted by Crippen LogP contribution is 2.20. The topological polar surface area (TPSA) is 77.1 Å². The lowest BCUT2D eigenvalue weighted by Gasteiger charge is -2.08.